The highest BCUT2D eigenvalue weighted by Crippen LogP contribution is 2.30. The molecule has 208 valence electrons. The smallest absolute Gasteiger partial charge is 0.480 e. The number of benzene rings is 1. The lowest BCUT2D eigenvalue weighted by molar-refractivity contribution is -0.192. The average Bonchev–Trinajstić information content (AvgIpc) is 3.17. The highest BCUT2D eigenvalue weighted by atomic mass is 19.4. The number of amides is 3. The van der Waals surface area contributed by atoms with Crippen LogP contribution in [0.2, 0.25) is 0 Å². The molecule has 0 saturated carbocycles. The number of aliphatic carboxylic acids is 2. The van der Waals surface area contributed by atoms with Gasteiger partial charge in [-0.3, -0.25) is 29.4 Å². The number of fused-ring (bicyclic) bond motifs is 1. The number of nitrogens with one attached hydrogen (secondary N) is 1. The summed E-state index contributed by atoms with van der Waals surface area (Å²) in [6, 6.07) is 5.16. The Morgan fingerprint density at radius 2 is 1.66 bits per heavy atom. The van der Waals surface area contributed by atoms with Crippen molar-refractivity contribution in [1.29, 1.82) is 0 Å². The van der Waals surface area contributed by atoms with Crippen molar-refractivity contribution < 1.29 is 47.4 Å². The molecule has 3 aliphatic rings. The number of carboxylic acids is 2. The molecule has 3 N–H and O–H groups in total. The normalized spacial score (nSPS) is 20.4. The minimum absolute atomic E-state index is 0.0989. The first-order valence-electron chi connectivity index (χ1n) is 12.1. The van der Waals surface area contributed by atoms with E-state index in [0.717, 1.165) is 56.7 Å². The molecule has 1 atom stereocenters. The molecule has 0 aromatic heterocycles. The van der Waals surface area contributed by atoms with Crippen molar-refractivity contribution in [3.05, 3.63) is 34.9 Å². The van der Waals surface area contributed by atoms with Crippen LogP contribution in [0.25, 0.3) is 0 Å². The first-order valence-corrected chi connectivity index (χ1v) is 12.1. The number of carbonyl (C=O) groups is 5. The molecular formula is C24H29F3N4O7. The van der Waals surface area contributed by atoms with Crippen LogP contribution in [-0.4, -0.2) is 106 Å². The Kier molecular flexibility index (Phi) is 9.44. The minimum Gasteiger partial charge on any atom is -0.480 e. The van der Waals surface area contributed by atoms with Gasteiger partial charge in [-0.15, -0.1) is 0 Å². The van der Waals surface area contributed by atoms with Gasteiger partial charge in [0, 0.05) is 44.7 Å². The molecule has 38 heavy (non-hydrogen) atoms. The third-order valence-electron chi connectivity index (χ3n) is 6.67. The van der Waals surface area contributed by atoms with Gasteiger partial charge >= 0.3 is 18.1 Å². The van der Waals surface area contributed by atoms with Crippen molar-refractivity contribution >= 4 is 29.7 Å². The molecule has 1 unspecified atom stereocenters. The molecule has 2 fully saturated rings. The predicted molar refractivity (Wildman–Crippen MR) is 125 cm³/mol. The lowest BCUT2D eigenvalue weighted by atomic mass is 9.99. The molecule has 3 heterocycles. The summed E-state index contributed by atoms with van der Waals surface area (Å²) in [6.07, 6.45) is -2.67. The van der Waals surface area contributed by atoms with E-state index in [2.05, 4.69) is 10.2 Å². The Labute approximate surface area is 216 Å². The Morgan fingerprint density at radius 3 is 2.24 bits per heavy atom. The highest BCUT2D eigenvalue weighted by molar-refractivity contribution is 6.05. The van der Waals surface area contributed by atoms with Crippen LogP contribution in [0.4, 0.5) is 13.2 Å². The van der Waals surface area contributed by atoms with Gasteiger partial charge in [-0.2, -0.15) is 13.2 Å². The van der Waals surface area contributed by atoms with E-state index in [-0.39, 0.29) is 30.7 Å². The number of carboxylic acid groups (broad SMARTS) is 2. The molecule has 0 bridgehead atoms. The molecule has 11 nitrogen and oxygen atoms in total. The highest BCUT2D eigenvalue weighted by Gasteiger charge is 2.40. The zero-order chi connectivity index (χ0) is 28.0. The van der Waals surface area contributed by atoms with Crippen LogP contribution in [0.15, 0.2) is 18.2 Å². The Hall–Kier alpha value is -3.52. The standard InChI is InChI=1S/C22H28N4O5.C2HF3O2/c27-19-7-6-18(21(30)23-19)26-13-17-15(3-1-5-16(17)22(26)31)4-2-8-24-9-11-25(12-10-24)14-20(28)29;3-2(4,5)1(6)7/h1,3,5,18H,2,4,6-14H2,(H,28,29)(H,23,27,30);(H,6,7). The van der Waals surface area contributed by atoms with Crippen LogP contribution in [0.1, 0.15) is 40.7 Å². The van der Waals surface area contributed by atoms with Crippen LogP contribution in [0.5, 0.6) is 0 Å². The quantitative estimate of drug-likeness (QED) is 0.424. The number of imide groups is 1. The van der Waals surface area contributed by atoms with Crippen molar-refractivity contribution in [2.45, 2.75) is 44.4 Å². The summed E-state index contributed by atoms with van der Waals surface area (Å²) < 4.78 is 31.7. The number of hydrogen-bond donors (Lipinski definition) is 3. The number of halogens is 3. The van der Waals surface area contributed by atoms with Crippen LogP contribution in [-0.2, 0) is 32.1 Å². The summed E-state index contributed by atoms with van der Waals surface area (Å²) in [5, 5.41) is 18.4. The van der Waals surface area contributed by atoms with Crippen molar-refractivity contribution in [3.8, 4) is 0 Å². The molecule has 1 aromatic rings. The topological polar surface area (TPSA) is 148 Å². The van der Waals surface area contributed by atoms with Gasteiger partial charge in [0.05, 0.1) is 6.54 Å². The number of rotatable bonds is 7. The molecular weight excluding hydrogens is 513 g/mol. The summed E-state index contributed by atoms with van der Waals surface area (Å²) in [6.45, 7) is 4.69. The summed E-state index contributed by atoms with van der Waals surface area (Å²) in [4.78, 5) is 62.2. The lowest BCUT2D eigenvalue weighted by Gasteiger charge is -2.33. The molecule has 0 aliphatic carbocycles. The number of piperidine rings is 1. The van der Waals surface area contributed by atoms with Crippen LogP contribution < -0.4 is 5.32 Å². The molecule has 3 amide bonds. The van der Waals surface area contributed by atoms with Crippen LogP contribution in [0.3, 0.4) is 0 Å². The van der Waals surface area contributed by atoms with E-state index in [1.54, 1.807) is 4.90 Å². The summed E-state index contributed by atoms with van der Waals surface area (Å²) in [7, 11) is 0. The lowest BCUT2D eigenvalue weighted by Crippen LogP contribution is -2.52. The SMILES string of the molecule is O=C(O)C(F)(F)F.O=C(O)CN1CCN(CCCc2cccc3c2CN(C2CCC(=O)NC2=O)C3=O)CC1. The fourth-order valence-electron chi connectivity index (χ4n) is 4.74. The number of hydrogen-bond acceptors (Lipinski definition) is 7. The number of nitrogens with zero attached hydrogens (tertiary/aromatic N) is 3. The number of piperazine rings is 1. The Morgan fingerprint density at radius 1 is 1.03 bits per heavy atom. The molecule has 4 rings (SSSR count). The average molecular weight is 543 g/mol. The molecule has 3 aliphatic heterocycles. The van der Waals surface area contributed by atoms with Gasteiger partial charge in [0.2, 0.25) is 11.8 Å². The van der Waals surface area contributed by atoms with Gasteiger partial charge in [0.1, 0.15) is 6.04 Å². The molecule has 1 aromatic carbocycles. The van der Waals surface area contributed by atoms with E-state index in [1.165, 1.54) is 0 Å². The molecule has 0 spiro atoms. The Bertz CT molecular complexity index is 1090. The second kappa shape index (κ2) is 12.3. The largest absolute Gasteiger partial charge is 0.490 e. The maximum atomic E-state index is 12.9. The maximum absolute atomic E-state index is 12.9. The van der Waals surface area contributed by atoms with Crippen LogP contribution in [0, 0.1) is 0 Å². The summed E-state index contributed by atoms with van der Waals surface area (Å²) in [5.41, 5.74) is 2.78. The minimum atomic E-state index is -5.08. The van der Waals surface area contributed by atoms with Gasteiger partial charge in [-0.05, 0) is 43.0 Å². The van der Waals surface area contributed by atoms with Gasteiger partial charge in [-0.25, -0.2) is 4.79 Å². The second-order valence-corrected chi connectivity index (χ2v) is 9.26. The maximum Gasteiger partial charge on any atom is 0.490 e. The van der Waals surface area contributed by atoms with E-state index < -0.39 is 24.2 Å². The van der Waals surface area contributed by atoms with Crippen molar-refractivity contribution in [3.63, 3.8) is 0 Å². The first-order chi connectivity index (χ1) is 17.9. The fourth-order valence-corrected chi connectivity index (χ4v) is 4.74. The third-order valence-corrected chi connectivity index (χ3v) is 6.67. The summed E-state index contributed by atoms with van der Waals surface area (Å²) >= 11 is 0. The molecule has 0 radical (unpaired) electrons. The zero-order valence-electron chi connectivity index (χ0n) is 20.5. The van der Waals surface area contributed by atoms with Crippen LogP contribution >= 0.6 is 0 Å². The summed E-state index contributed by atoms with van der Waals surface area (Å²) in [5.74, 6) is -4.35. The second-order valence-electron chi connectivity index (χ2n) is 9.26. The van der Waals surface area contributed by atoms with E-state index in [4.69, 9.17) is 15.0 Å². The van der Waals surface area contributed by atoms with E-state index in [9.17, 15) is 32.3 Å². The van der Waals surface area contributed by atoms with Gasteiger partial charge in [0.25, 0.3) is 5.91 Å². The third kappa shape index (κ3) is 7.51. The van der Waals surface area contributed by atoms with E-state index in [0.29, 0.717) is 18.5 Å². The number of aryl methyl sites for hydroxylation is 1. The van der Waals surface area contributed by atoms with Crippen molar-refractivity contribution in [1.82, 2.24) is 20.0 Å². The molecule has 14 heteroatoms. The van der Waals surface area contributed by atoms with Gasteiger partial charge < -0.3 is 20.0 Å². The molecule has 2 saturated heterocycles. The fraction of sp³-hybridized carbons (Fsp3) is 0.542. The van der Waals surface area contributed by atoms with Gasteiger partial charge in [0.15, 0.2) is 0 Å². The van der Waals surface area contributed by atoms with E-state index in [1.807, 2.05) is 23.1 Å². The van der Waals surface area contributed by atoms with Crippen molar-refractivity contribution in [2.75, 3.05) is 39.3 Å². The first kappa shape index (κ1) is 29.0. The number of alkyl halides is 3. The number of carbonyl (C=O) groups excluding carboxylic acids is 3. The Balaban J connectivity index is 0.000000505. The van der Waals surface area contributed by atoms with E-state index >= 15 is 0 Å². The predicted octanol–water partition coefficient (Wildman–Crippen LogP) is 0.716. The monoisotopic (exact) mass is 542 g/mol. The van der Waals surface area contributed by atoms with Gasteiger partial charge in [-0.1, -0.05) is 12.1 Å². The van der Waals surface area contributed by atoms with Crippen molar-refractivity contribution in [2.24, 2.45) is 0 Å². The zero-order valence-corrected chi connectivity index (χ0v) is 20.5.